The summed E-state index contributed by atoms with van der Waals surface area (Å²) in [6.45, 7) is 0.456. The molecule has 0 aliphatic carbocycles. The molecule has 0 aliphatic heterocycles. The number of rotatable bonds is 3. The SMILES string of the molecule is O=c1sc2c(F)cccc2n1CCCO. The molecule has 2 rings (SSSR count). The number of benzene rings is 1. The van der Waals surface area contributed by atoms with Crippen LogP contribution in [0.25, 0.3) is 10.2 Å². The van der Waals surface area contributed by atoms with Crippen LogP contribution in [0.1, 0.15) is 6.42 Å². The molecule has 0 saturated carbocycles. The minimum absolute atomic E-state index is 0.0269. The predicted molar refractivity (Wildman–Crippen MR) is 57.7 cm³/mol. The van der Waals surface area contributed by atoms with Gasteiger partial charge in [0.05, 0.1) is 10.2 Å². The molecule has 1 aromatic heterocycles. The van der Waals surface area contributed by atoms with Gasteiger partial charge in [-0.15, -0.1) is 0 Å². The number of aliphatic hydroxyl groups excluding tert-OH is 1. The molecule has 3 nitrogen and oxygen atoms in total. The van der Waals surface area contributed by atoms with Crippen molar-refractivity contribution in [3.05, 3.63) is 33.7 Å². The number of fused-ring (bicyclic) bond motifs is 1. The van der Waals surface area contributed by atoms with E-state index in [1.165, 1.54) is 10.6 Å². The fourth-order valence-corrected chi connectivity index (χ4v) is 2.42. The van der Waals surface area contributed by atoms with Crippen molar-refractivity contribution in [3.8, 4) is 0 Å². The van der Waals surface area contributed by atoms with E-state index >= 15 is 0 Å². The average molecular weight is 227 g/mol. The minimum Gasteiger partial charge on any atom is -0.396 e. The standard InChI is InChI=1S/C10H10FNO2S/c11-7-3-1-4-8-9(7)15-10(14)12(8)5-2-6-13/h1,3-4,13H,2,5-6H2. The fourth-order valence-electron chi connectivity index (χ4n) is 1.49. The van der Waals surface area contributed by atoms with E-state index in [1.54, 1.807) is 12.1 Å². The number of aryl methyl sites for hydroxylation is 1. The molecule has 0 fully saturated rings. The third-order valence-electron chi connectivity index (χ3n) is 2.19. The summed E-state index contributed by atoms with van der Waals surface area (Å²) in [6, 6.07) is 4.64. The second-order valence-electron chi connectivity index (χ2n) is 3.18. The summed E-state index contributed by atoms with van der Waals surface area (Å²) in [5.74, 6) is -0.364. The highest BCUT2D eigenvalue weighted by Gasteiger charge is 2.09. The van der Waals surface area contributed by atoms with Crippen LogP contribution in [-0.4, -0.2) is 16.3 Å². The van der Waals surface area contributed by atoms with Crippen molar-refractivity contribution in [2.75, 3.05) is 6.61 Å². The van der Waals surface area contributed by atoms with Gasteiger partial charge in [-0.2, -0.15) is 0 Å². The first-order valence-corrected chi connectivity index (χ1v) is 5.44. The Labute approximate surface area is 89.4 Å². The van der Waals surface area contributed by atoms with Crippen molar-refractivity contribution in [3.63, 3.8) is 0 Å². The van der Waals surface area contributed by atoms with Crippen LogP contribution in [0.15, 0.2) is 23.0 Å². The number of halogens is 1. The van der Waals surface area contributed by atoms with Gasteiger partial charge in [-0.05, 0) is 18.6 Å². The Hall–Kier alpha value is -1.20. The molecule has 1 N–H and O–H groups in total. The van der Waals surface area contributed by atoms with Crippen LogP contribution in [0.3, 0.4) is 0 Å². The topological polar surface area (TPSA) is 42.2 Å². The summed E-state index contributed by atoms with van der Waals surface area (Å²) in [7, 11) is 0. The van der Waals surface area contributed by atoms with Crippen molar-refractivity contribution in [2.24, 2.45) is 0 Å². The van der Waals surface area contributed by atoms with Gasteiger partial charge in [0, 0.05) is 13.2 Å². The van der Waals surface area contributed by atoms with Crippen molar-refractivity contribution in [1.29, 1.82) is 0 Å². The Morgan fingerprint density at radius 3 is 3.00 bits per heavy atom. The molecule has 5 heteroatoms. The van der Waals surface area contributed by atoms with E-state index in [9.17, 15) is 9.18 Å². The molecule has 0 amide bonds. The molecule has 15 heavy (non-hydrogen) atoms. The predicted octanol–water partition coefficient (Wildman–Crippen LogP) is 1.58. The summed E-state index contributed by atoms with van der Waals surface area (Å²) >= 11 is 0.907. The number of aromatic nitrogens is 1. The quantitative estimate of drug-likeness (QED) is 0.865. The first-order chi connectivity index (χ1) is 7.24. The van der Waals surface area contributed by atoms with Gasteiger partial charge in [0.15, 0.2) is 0 Å². The van der Waals surface area contributed by atoms with E-state index in [2.05, 4.69) is 0 Å². The van der Waals surface area contributed by atoms with Gasteiger partial charge in [-0.1, -0.05) is 17.4 Å². The monoisotopic (exact) mass is 227 g/mol. The number of hydrogen-bond donors (Lipinski definition) is 1. The minimum atomic E-state index is -0.364. The van der Waals surface area contributed by atoms with Crippen molar-refractivity contribution in [1.82, 2.24) is 4.57 Å². The van der Waals surface area contributed by atoms with Crippen molar-refractivity contribution < 1.29 is 9.50 Å². The van der Waals surface area contributed by atoms with E-state index in [1.807, 2.05) is 0 Å². The second kappa shape index (κ2) is 4.12. The lowest BCUT2D eigenvalue weighted by Crippen LogP contribution is -2.13. The van der Waals surface area contributed by atoms with E-state index in [4.69, 9.17) is 5.11 Å². The molecule has 80 valence electrons. The number of thiazole rings is 1. The zero-order chi connectivity index (χ0) is 10.8. The average Bonchev–Trinajstić information content (AvgIpc) is 2.54. The van der Waals surface area contributed by atoms with Gasteiger partial charge >= 0.3 is 4.87 Å². The number of aliphatic hydroxyl groups is 1. The Bertz CT molecular complexity index is 532. The first kappa shape index (κ1) is 10.3. The summed E-state index contributed by atoms with van der Waals surface area (Å²) in [4.78, 5) is 11.4. The first-order valence-electron chi connectivity index (χ1n) is 4.63. The molecule has 1 aromatic carbocycles. The maximum atomic E-state index is 13.3. The summed E-state index contributed by atoms with van der Waals surface area (Å²) < 4.78 is 15.2. The lowest BCUT2D eigenvalue weighted by atomic mass is 10.3. The lowest BCUT2D eigenvalue weighted by Gasteiger charge is -2.01. The summed E-state index contributed by atoms with van der Waals surface area (Å²) in [5.41, 5.74) is 0.610. The molecule has 1 heterocycles. The van der Waals surface area contributed by atoms with Gasteiger partial charge in [0.1, 0.15) is 5.82 Å². The Morgan fingerprint density at radius 1 is 1.47 bits per heavy atom. The fraction of sp³-hybridized carbons (Fsp3) is 0.300. The van der Waals surface area contributed by atoms with Crippen LogP contribution < -0.4 is 4.87 Å². The summed E-state index contributed by atoms with van der Waals surface area (Å²) in [5, 5.41) is 8.70. The zero-order valence-corrected chi connectivity index (χ0v) is 8.76. The molecular formula is C10H10FNO2S. The second-order valence-corrected chi connectivity index (χ2v) is 4.15. The van der Waals surface area contributed by atoms with Crippen LogP contribution in [-0.2, 0) is 6.54 Å². The van der Waals surface area contributed by atoms with Crippen LogP contribution in [0.5, 0.6) is 0 Å². The smallest absolute Gasteiger partial charge is 0.308 e. The highest BCUT2D eigenvalue weighted by Crippen LogP contribution is 2.20. The van der Waals surface area contributed by atoms with Crippen molar-refractivity contribution in [2.45, 2.75) is 13.0 Å². The van der Waals surface area contributed by atoms with Crippen LogP contribution in [0.4, 0.5) is 4.39 Å². The summed E-state index contributed by atoms with van der Waals surface area (Å²) in [6.07, 6.45) is 0.502. The van der Waals surface area contributed by atoms with Gasteiger partial charge in [-0.25, -0.2) is 4.39 Å². The molecule has 0 spiro atoms. The maximum Gasteiger partial charge on any atom is 0.308 e. The van der Waals surface area contributed by atoms with Crippen LogP contribution in [0, 0.1) is 5.82 Å². The van der Waals surface area contributed by atoms with E-state index in [-0.39, 0.29) is 17.3 Å². The molecule has 0 unspecified atom stereocenters. The third-order valence-corrected chi connectivity index (χ3v) is 3.19. The largest absolute Gasteiger partial charge is 0.396 e. The lowest BCUT2D eigenvalue weighted by molar-refractivity contribution is 0.280. The number of nitrogens with zero attached hydrogens (tertiary/aromatic N) is 1. The normalized spacial score (nSPS) is 11.1. The van der Waals surface area contributed by atoms with Gasteiger partial charge in [-0.3, -0.25) is 9.36 Å². The van der Waals surface area contributed by atoms with Crippen molar-refractivity contribution >= 4 is 21.6 Å². The highest BCUT2D eigenvalue weighted by atomic mass is 32.1. The Kier molecular flexibility index (Phi) is 2.83. The number of hydrogen-bond acceptors (Lipinski definition) is 3. The van der Waals surface area contributed by atoms with Gasteiger partial charge in [0.25, 0.3) is 0 Å². The third kappa shape index (κ3) is 1.80. The maximum absolute atomic E-state index is 13.3. The Balaban J connectivity index is 2.58. The van der Waals surface area contributed by atoms with E-state index < -0.39 is 0 Å². The molecule has 0 bridgehead atoms. The Morgan fingerprint density at radius 2 is 2.27 bits per heavy atom. The van der Waals surface area contributed by atoms with Gasteiger partial charge < -0.3 is 5.11 Å². The molecule has 0 radical (unpaired) electrons. The molecule has 0 aliphatic rings. The van der Waals surface area contributed by atoms with E-state index in [0.717, 1.165) is 11.3 Å². The molecule has 0 atom stereocenters. The molecule has 2 aromatic rings. The molecular weight excluding hydrogens is 217 g/mol. The van der Waals surface area contributed by atoms with Gasteiger partial charge in [0.2, 0.25) is 0 Å². The highest BCUT2D eigenvalue weighted by molar-refractivity contribution is 7.16. The zero-order valence-electron chi connectivity index (χ0n) is 7.94. The van der Waals surface area contributed by atoms with E-state index in [0.29, 0.717) is 23.2 Å². The van der Waals surface area contributed by atoms with Crippen LogP contribution >= 0.6 is 11.3 Å². The van der Waals surface area contributed by atoms with Crippen LogP contribution in [0.2, 0.25) is 0 Å². The molecule has 0 saturated heterocycles.